The fourth-order valence-corrected chi connectivity index (χ4v) is 3.21. The molecule has 0 fully saturated rings. The minimum Gasteiger partial charge on any atom is -0.381 e. The lowest BCUT2D eigenvalue weighted by Crippen LogP contribution is -2.02. The number of pyridine rings is 2. The number of rotatable bonds is 5. The van der Waals surface area contributed by atoms with Crippen LogP contribution in [0.25, 0.3) is 10.9 Å². The number of nitrogens with zero attached hydrogens (tertiary/aromatic N) is 2. The summed E-state index contributed by atoms with van der Waals surface area (Å²) in [7, 11) is 0. The third-order valence-corrected chi connectivity index (χ3v) is 4.78. The lowest BCUT2D eigenvalue weighted by molar-refractivity contribution is 0.628. The lowest BCUT2D eigenvalue weighted by Gasteiger charge is -2.14. The third kappa shape index (κ3) is 3.89. The predicted octanol–water partition coefficient (Wildman–Crippen LogP) is 6.09. The molecule has 4 rings (SSSR count). The Labute approximate surface area is 167 Å². The molecule has 0 unspecified atom stereocenters. The number of nitrogens with one attached hydrogen (secondary N) is 2. The molecular formula is C22H18ClFN4. The number of hydrogen-bond donors (Lipinski definition) is 2. The zero-order valence-electron chi connectivity index (χ0n) is 15.2. The number of halogens is 2. The summed E-state index contributed by atoms with van der Waals surface area (Å²) in [4.78, 5) is 8.62. The summed E-state index contributed by atoms with van der Waals surface area (Å²) in [5, 5.41) is 7.81. The van der Waals surface area contributed by atoms with E-state index in [0.717, 1.165) is 33.4 Å². The van der Waals surface area contributed by atoms with E-state index in [1.54, 1.807) is 24.5 Å². The highest BCUT2D eigenvalue weighted by Crippen LogP contribution is 2.31. The zero-order valence-corrected chi connectivity index (χ0v) is 16.0. The first kappa shape index (κ1) is 18.2. The van der Waals surface area contributed by atoms with Gasteiger partial charge in [0, 0.05) is 47.6 Å². The van der Waals surface area contributed by atoms with Crippen LogP contribution in [0.1, 0.15) is 11.1 Å². The summed E-state index contributed by atoms with van der Waals surface area (Å²) < 4.78 is 13.4. The van der Waals surface area contributed by atoms with Gasteiger partial charge in [0.05, 0.1) is 10.5 Å². The molecule has 28 heavy (non-hydrogen) atoms. The maximum Gasteiger partial charge on any atom is 0.141 e. The SMILES string of the molecule is Cc1cc2nccc(Nc3ccc(F)c(Cl)c3)c2cc1NCc1cccnc1. The van der Waals surface area contributed by atoms with Crippen molar-refractivity contribution in [2.45, 2.75) is 13.5 Å². The summed E-state index contributed by atoms with van der Waals surface area (Å²) in [5.74, 6) is -0.440. The lowest BCUT2D eigenvalue weighted by atomic mass is 10.1. The second kappa shape index (κ2) is 7.82. The van der Waals surface area contributed by atoms with E-state index in [1.807, 2.05) is 37.4 Å². The van der Waals surface area contributed by atoms with Gasteiger partial charge in [-0.05, 0) is 60.5 Å². The average Bonchev–Trinajstić information content (AvgIpc) is 2.70. The van der Waals surface area contributed by atoms with E-state index in [2.05, 4.69) is 26.7 Å². The van der Waals surface area contributed by atoms with E-state index in [1.165, 1.54) is 6.07 Å². The van der Waals surface area contributed by atoms with Gasteiger partial charge in [-0.2, -0.15) is 0 Å². The van der Waals surface area contributed by atoms with Crippen molar-refractivity contribution < 1.29 is 4.39 Å². The molecule has 0 saturated heterocycles. The first-order valence-electron chi connectivity index (χ1n) is 8.84. The first-order valence-corrected chi connectivity index (χ1v) is 9.22. The van der Waals surface area contributed by atoms with Crippen LogP contribution in [0, 0.1) is 12.7 Å². The maximum absolute atomic E-state index is 13.4. The number of aromatic nitrogens is 2. The second-order valence-electron chi connectivity index (χ2n) is 6.51. The van der Waals surface area contributed by atoms with E-state index in [0.29, 0.717) is 12.2 Å². The Morgan fingerprint density at radius 2 is 1.93 bits per heavy atom. The molecule has 4 aromatic rings. The van der Waals surface area contributed by atoms with Crippen LogP contribution in [0.4, 0.5) is 21.5 Å². The van der Waals surface area contributed by atoms with Crippen molar-refractivity contribution in [1.82, 2.24) is 9.97 Å². The van der Waals surface area contributed by atoms with Crippen LogP contribution in [0.3, 0.4) is 0 Å². The van der Waals surface area contributed by atoms with Gasteiger partial charge < -0.3 is 10.6 Å². The Bertz CT molecular complexity index is 1130. The molecule has 4 nitrogen and oxygen atoms in total. The number of hydrogen-bond acceptors (Lipinski definition) is 4. The molecule has 6 heteroatoms. The summed E-state index contributed by atoms with van der Waals surface area (Å²) in [6, 6.07) is 14.5. The molecule has 0 amide bonds. The van der Waals surface area contributed by atoms with Crippen LogP contribution >= 0.6 is 11.6 Å². The number of aryl methyl sites for hydroxylation is 1. The normalized spacial score (nSPS) is 10.8. The monoisotopic (exact) mass is 392 g/mol. The molecule has 2 aromatic heterocycles. The van der Waals surface area contributed by atoms with Crippen molar-refractivity contribution in [2.24, 2.45) is 0 Å². The molecule has 0 aliphatic carbocycles. The predicted molar refractivity (Wildman–Crippen MR) is 113 cm³/mol. The molecule has 0 bridgehead atoms. The average molecular weight is 393 g/mol. The molecule has 2 N–H and O–H groups in total. The molecule has 140 valence electrons. The van der Waals surface area contributed by atoms with E-state index >= 15 is 0 Å². The molecule has 0 radical (unpaired) electrons. The Balaban J connectivity index is 1.66. The molecular weight excluding hydrogens is 375 g/mol. The Kier molecular flexibility index (Phi) is 5.08. The molecule has 0 atom stereocenters. The topological polar surface area (TPSA) is 49.8 Å². The van der Waals surface area contributed by atoms with E-state index in [9.17, 15) is 4.39 Å². The fourth-order valence-electron chi connectivity index (χ4n) is 3.03. The van der Waals surface area contributed by atoms with Crippen LogP contribution < -0.4 is 10.6 Å². The minimum absolute atomic E-state index is 0.0815. The Morgan fingerprint density at radius 1 is 1.04 bits per heavy atom. The van der Waals surface area contributed by atoms with Crippen LogP contribution in [0.2, 0.25) is 5.02 Å². The van der Waals surface area contributed by atoms with E-state index < -0.39 is 5.82 Å². The Hall–Kier alpha value is -3.18. The maximum atomic E-state index is 13.4. The second-order valence-corrected chi connectivity index (χ2v) is 6.92. The quantitative estimate of drug-likeness (QED) is 0.431. The van der Waals surface area contributed by atoms with Gasteiger partial charge in [0.1, 0.15) is 5.82 Å². The standard InChI is InChI=1S/C22H18ClFN4/c1-14-9-22-17(11-21(14)27-13-15-3-2-7-25-12-15)20(6-8-26-22)28-16-4-5-19(24)18(23)10-16/h2-12,27H,13H2,1H3,(H,26,28). The zero-order chi connectivity index (χ0) is 19.5. The van der Waals surface area contributed by atoms with Gasteiger partial charge in [0.25, 0.3) is 0 Å². The molecule has 2 heterocycles. The van der Waals surface area contributed by atoms with Gasteiger partial charge >= 0.3 is 0 Å². The highest BCUT2D eigenvalue weighted by atomic mass is 35.5. The van der Waals surface area contributed by atoms with E-state index in [4.69, 9.17) is 11.6 Å². The Morgan fingerprint density at radius 3 is 2.71 bits per heavy atom. The molecule has 0 saturated carbocycles. The summed E-state index contributed by atoms with van der Waals surface area (Å²) in [6.45, 7) is 2.73. The minimum atomic E-state index is -0.440. The molecule has 0 aliphatic rings. The van der Waals surface area contributed by atoms with Crippen molar-refractivity contribution in [3.8, 4) is 0 Å². The van der Waals surface area contributed by atoms with Crippen molar-refractivity contribution >= 4 is 39.6 Å². The van der Waals surface area contributed by atoms with Crippen molar-refractivity contribution in [2.75, 3.05) is 10.6 Å². The summed E-state index contributed by atoms with van der Waals surface area (Å²) in [5.41, 5.74) is 5.69. The largest absolute Gasteiger partial charge is 0.381 e. The van der Waals surface area contributed by atoms with Gasteiger partial charge in [-0.1, -0.05) is 17.7 Å². The van der Waals surface area contributed by atoms with Crippen molar-refractivity contribution in [3.05, 3.63) is 89.1 Å². The van der Waals surface area contributed by atoms with E-state index in [-0.39, 0.29) is 5.02 Å². The highest BCUT2D eigenvalue weighted by Gasteiger charge is 2.08. The van der Waals surface area contributed by atoms with Gasteiger partial charge in [0.2, 0.25) is 0 Å². The number of anilines is 3. The van der Waals surface area contributed by atoms with Crippen molar-refractivity contribution in [1.29, 1.82) is 0 Å². The molecule has 0 spiro atoms. The van der Waals surface area contributed by atoms with Crippen molar-refractivity contribution in [3.63, 3.8) is 0 Å². The van der Waals surface area contributed by atoms with Crippen LogP contribution in [0.15, 0.2) is 67.1 Å². The van der Waals surface area contributed by atoms with Crippen LogP contribution in [-0.4, -0.2) is 9.97 Å². The molecule has 2 aromatic carbocycles. The smallest absolute Gasteiger partial charge is 0.141 e. The third-order valence-electron chi connectivity index (χ3n) is 4.49. The first-order chi connectivity index (χ1) is 13.6. The van der Waals surface area contributed by atoms with Gasteiger partial charge in [-0.3, -0.25) is 9.97 Å². The summed E-state index contributed by atoms with van der Waals surface area (Å²) in [6.07, 6.45) is 5.35. The highest BCUT2D eigenvalue weighted by molar-refractivity contribution is 6.31. The summed E-state index contributed by atoms with van der Waals surface area (Å²) >= 11 is 5.90. The van der Waals surface area contributed by atoms with Gasteiger partial charge in [0.15, 0.2) is 0 Å². The van der Waals surface area contributed by atoms with Crippen LogP contribution in [-0.2, 0) is 6.54 Å². The van der Waals surface area contributed by atoms with Gasteiger partial charge in [-0.25, -0.2) is 4.39 Å². The number of fused-ring (bicyclic) bond motifs is 1. The van der Waals surface area contributed by atoms with Crippen LogP contribution in [0.5, 0.6) is 0 Å². The molecule has 0 aliphatic heterocycles. The number of benzene rings is 2. The van der Waals surface area contributed by atoms with Gasteiger partial charge in [-0.15, -0.1) is 0 Å². The fraction of sp³-hybridized carbons (Fsp3) is 0.0909.